The molecule has 10 aromatic rings. The lowest BCUT2D eigenvalue weighted by molar-refractivity contribution is 1.15. The third kappa shape index (κ3) is 4.06. The van der Waals surface area contributed by atoms with E-state index in [0.29, 0.717) is 0 Å². The minimum absolute atomic E-state index is 1.14. The van der Waals surface area contributed by atoms with Crippen LogP contribution in [0.25, 0.3) is 88.0 Å². The van der Waals surface area contributed by atoms with Gasteiger partial charge in [-0.05, 0) is 75.5 Å². The van der Waals surface area contributed by atoms with Crippen LogP contribution in [0.4, 0.5) is 0 Å². The fraction of sp³-hybridized carbons (Fsp3) is 0. The average Bonchev–Trinajstić information content (AvgIpc) is 3.68. The van der Waals surface area contributed by atoms with Crippen molar-refractivity contribution in [1.29, 1.82) is 0 Å². The number of para-hydroxylation sites is 2. The van der Waals surface area contributed by atoms with E-state index < -0.39 is 0 Å². The molecule has 0 spiro atoms. The van der Waals surface area contributed by atoms with Crippen molar-refractivity contribution in [2.24, 2.45) is 0 Å². The zero-order chi connectivity index (χ0) is 31.6. The van der Waals surface area contributed by atoms with Gasteiger partial charge >= 0.3 is 0 Å². The smallest absolute Gasteiger partial charge is 0.0788 e. The maximum Gasteiger partial charge on any atom is 0.0788 e. The van der Waals surface area contributed by atoms with Crippen LogP contribution in [0.3, 0.4) is 0 Å². The Kier molecular flexibility index (Phi) is 5.91. The van der Waals surface area contributed by atoms with Gasteiger partial charge in [-0.2, -0.15) is 0 Å². The molecule has 224 valence electrons. The summed E-state index contributed by atoms with van der Waals surface area (Å²) in [6.07, 6.45) is 0. The first kappa shape index (κ1) is 26.8. The summed E-state index contributed by atoms with van der Waals surface area (Å²) in [7, 11) is 0. The minimum atomic E-state index is 1.14. The van der Waals surface area contributed by atoms with Crippen LogP contribution in [-0.2, 0) is 0 Å². The molecule has 0 aliphatic heterocycles. The quantitative estimate of drug-likeness (QED) is 0.188. The van der Waals surface area contributed by atoms with E-state index in [0.717, 1.165) is 11.4 Å². The van der Waals surface area contributed by atoms with Crippen molar-refractivity contribution in [3.05, 3.63) is 182 Å². The lowest BCUT2D eigenvalue weighted by Crippen LogP contribution is -1.99. The SMILES string of the molecule is c1ccc(-c2cc(-c3ccccc3)cc(-n3c4ccccc4c4ccc5c6ccccc6n(-c6ccc7ccccc7c6)c5c43)c2)cc1. The first-order chi connectivity index (χ1) is 23.8. The second-order valence-corrected chi connectivity index (χ2v) is 12.6. The van der Waals surface area contributed by atoms with Crippen LogP contribution in [0.5, 0.6) is 0 Å². The van der Waals surface area contributed by atoms with Gasteiger partial charge in [0, 0.05) is 32.9 Å². The molecule has 0 aliphatic carbocycles. The Labute approximate surface area is 278 Å². The second-order valence-electron chi connectivity index (χ2n) is 12.6. The summed E-state index contributed by atoms with van der Waals surface area (Å²) in [5, 5.41) is 7.47. The van der Waals surface area contributed by atoms with Gasteiger partial charge in [0.05, 0.1) is 22.1 Å². The molecular formula is C46H30N2. The Bertz CT molecular complexity index is 2760. The lowest BCUT2D eigenvalue weighted by Gasteiger charge is -2.16. The molecule has 0 amide bonds. The highest BCUT2D eigenvalue weighted by Crippen LogP contribution is 2.43. The van der Waals surface area contributed by atoms with Crippen molar-refractivity contribution in [2.75, 3.05) is 0 Å². The molecule has 2 nitrogen and oxygen atoms in total. The van der Waals surface area contributed by atoms with Crippen molar-refractivity contribution < 1.29 is 0 Å². The van der Waals surface area contributed by atoms with Gasteiger partial charge < -0.3 is 9.13 Å². The number of hydrogen-bond donors (Lipinski definition) is 0. The van der Waals surface area contributed by atoms with Gasteiger partial charge in [-0.15, -0.1) is 0 Å². The predicted molar refractivity (Wildman–Crippen MR) is 203 cm³/mol. The van der Waals surface area contributed by atoms with Crippen LogP contribution in [0.15, 0.2) is 182 Å². The largest absolute Gasteiger partial charge is 0.307 e. The molecule has 0 unspecified atom stereocenters. The van der Waals surface area contributed by atoms with E-state index in [1.165, 1.54) is 76.6 Å². The number of fused-ring (bicyclic) bond motifs is 8. The Morgan fingerprint density at radius 3 is 1.33 bits per heavy atom. The monoisotopic (exact) mass is 610 g/mol. The summed E-state index contributed by atoms with van der Waals surface area (Å²) in [5.41, 5.74) is 11.9. The predicted octanol–water partition coefficient (Wildman–Crippen LogP) is 12.4. The Balaban J connectivity index is 1.38. The summed E-state index contributed by atoms with van der Waals surface area (Å²) in [6.45, 7) is 0. The fourth-order valence-corrected chi connectivity index (χ4v) is 7.69. The number of rotatable bonds is 4. The van der Waals surface area contributed by atoms with Gasteiger partial charge in [0.1, 0.15) is 0 Å². The Morgan fingerprint density at radius 1 is 0.271 bits per heavy atom. The Hall–Kier alpha value is -6.38. The summed E-state index contributed by atoms with van der Waals surface area (Å²) < 4.78 is 4.98. The van der Waals surface area contributed by atoms with Crippen LogP contribution < -0.4 is 0 Å². The van der Waals surface area contributed by atoms with E-state index in [1.807, 2.05) is 0 Å². The maximum atomic E-state index is 2.50. The maximum absolute atomic E-state index is 2.50. The molecule has 0 bridgehead atoms. The lowest BCUT2D eigenvalue weighted by atomic mass is 9.98. The molecule has 8 aromatic carbocycles. The van der Waals surface area contributed by atoms with Crippen molar-refractivity contribution in [2.45, 2.75) is 0 Å². The molecule has 2 heterocycles. The third-order valence-electron chi connectivity index (χ3n) is 9.85. The number of nitrogens with zero attached hydrogens (tertiary/aromatic N) is 2. The van der Waals surface area contributed by atoms with Gasteiger partial charge in [-0.25, -0.2) is 0 Å². The van der Waals surface area contributed by atoms with Gasteiger partial charge in [0.2, 0.25) is 0 Å². The molecule has 0 radical (unpaired) electrons. The average molecular weight is 611 g/mol. The molecule has 10 rings (SSSR count). The van der Waals surface area contributed by atoms with E-state index in [2.05, 4.69) is 191 Å². The van der Waals surface area contributed by atoms with Crippen LogP contribution >= 0.6 is 0 Å². The van der Waals surface area contributed by atoms with Crippen LogP contribution in [0.1, 0.15) is 0 Å². The highest BCUT2D eigenvalue weighted by Gasteiger charge is 2.22. The van der Waals surface area contributed by atoms with Crippen LogP contribution in [0.2, 0.25) is 0 Å². The van der Waals surface area contributed by atoms with Crippen molar-refractivity contribution in [3.8, 4) is 33.6 Å². The van der Waals surface area contributed by atoms with Crippen LogP contribution in [0, 0.1) is 0 Å². The van der Waals surface area contributed by atoms with Gasteiger partial charge in [0.25, 0.3) is 0 Å². The summed E-state index contributed by atoms with van der Waals surface area (Å²) in [4.78, 5) is 0. The number of benzene rings is 8. The molecule has 2 heteroatoms. The third-order valence-corrected chi connectivity index (χ3v) is 9.85. The molecule has 0 fully saturated rings. The van der Waals surface area contributed by atoms with Crippen LogP contribution in [-0.4, -0.2) is 9.13 Å². The summed E-state index contributed by atoms with van der Waals surface area (Å²) in [6, 6.07) is 66.3. The molecule has 0 saturated carbocycles. The van der Waals surface area contributed by atoms with E-state index in [1.54, 1.807) is 0 Å². The first-order valence-corrected chi connectivity index (χ1v) is 16.5. The van der Waals surface area contributed by atoms with E-state index in [4.69, 9.17) is 0 Å². The second kappa shape index (κ2) is 10.6. The zero-order valence-corrected chi connectivity index (χ0v) is 26.2. The summed E-state index contributed by atoms with van der Waals surface area (Å²) >= 11 is 0. The van der Waals surface area contributed by atoms with Gasteiger partial charge in [0.15, 0.2) is 0 Å². The van der Waals surface area contributed by atoms with Gasteiger partial charge in [-0.1, -0.05) is 140 Å². The van der Waals surface area contributed by atoms with E-state index >= 15 is 0 Å². The topological polar surface area (TPSA) is 9.86 Å². The summed E-state index contributed by atoms with van der Waals surface area (Å²) in [5.74, 6) is 0. The molecule has 2 aromatic heterocycles. The van der Waals surface area contributed by atoms with Crippen molar-refractivity contribution in [3.63, 3.8) is 0 Å². The minimum Gasteiger partial charge on any atom is -0.307 e. The molecule has 48 heavy (non-hydrogen) atoms. The first-order valence-electron chi connectivity index (χ1n) is 16.5. The highest BCUT2D eigenvalue weighted by molar-refractivity contribution is 6.24. The zero-order valence-electron chi connectivity index (χ0n) is 26.2. The molecule has 0 N–H and O–H groups in total. The van der Waals surface area contributed by atoms with Crippen molar-refractivity contribution >= 4 is 54.4 Å². The Morgan fingerprint density at radius 2 is 0.750 bits per heavy atom. The standard InChI is InChI=1S/C46H30N2/c1-3-13-31(14-4-1)35-27-36(32-15-5-2-6-16-32)30-38(29-35)48-44-22-12-10-20-40(44)42-26-25-41-39-19-9-11-21-43(39)47(45(41)46(42)48)37-24-23-33-17-7-8-18-34(33)28-37/h1-30H. The molecule has 0 saturated heterocycles. The number of hydrogen-bond acceptors (Lipinski definition) is 0. The van der Waals surface area contributed by atoms with Crippen molar-refractivity contribution in [1.82, 2.24) is 9.13 Å². The molecule has 0 atom stereocenters. The van der Waals surface area contributed by atoms with E-state index in [9.17, 15) is 0 Å². The van der Waals surface area contributed by atoms with Gasteiger partial charge in [-0.3, -0.25) is 0 Å². The number of aromatic nitrogens is 2. The highest BCUT2D eigenvalue weighted by atomic mass is 15.0. The molecular weight excluding hydrogens is 581 g/mol. The normalized spacial score (nSPS) is 11.8. The van der Waals surface area contributed by atoms with E-state index in [-0.39, 0.29) is 0 Å². The molecule has 0 aliphatic rings. The fourth-order valence-electron chi connectivity index (χ4n) is 7.69.